The van der Waals surface area contributed by atoms with Crippen LogP contribution < -0.4 is 0 Å². The van der Waals surface area contributed by atoms with Gasteiger partial charge in [-0.25, -0.2) is 4.39 Å². The van der Waals surface area contributed by atoms with E-state index in [-0.39, 0.29) is 22.6 Å². The van der Waals surface area contributed by atoms with E-state index in [9.17, 15) is 9.50 Å². The lowest BCUT2D eigenvalue weighted by atomic mass is 9.96. The van der Waals surface area contributed by atoms with Crippen molar-refractivity contribution in [2.45, 2.75) is 40.7 Å². The van der Waals surface area contributed by atoms with E-state index in [0.29, 0.717) is 0 Å². The molecule has 1 unspecified atom stereocenters. The Kier molecular flexibility index (Phi) is 2.62. The van der Waals surface area contributed by atoms with E-state index >= 15 is 0 Å². The molecule has 0 saturated heterocycles. The van der Waals surface area contributed by atoms with Gasteiger partial charge in [0.05, 0.1) is 6.10 Å². The predicted octanol–water partition coefficient (Wildman–Crippen LogP) is 3.85. The molecular weight excluding hydrogens is 215 g/mol. The fraction of sp³-hybridized carbons (Fsp3) is 0.600. The molecular formula is C15H21FO. The molecule has 0 amide bonds. The molecule has 1 aromatic carbocycles. The summed E-state index contributed by atoms with van der Waals surface area (Å²) in [5.74, 6) is -0.00747. The van der Waals surface area contributed by atoms with Gasteiger partial charge in [-0.3, -0.25) is 0 Å². The quantitative estimate of drug-likeness (QED) is 0.827. The van der Waals surface area contributed by atoms with Gasteiger partial charge >= 0.3 is 0 Å². The summed E-state index contributed by atoms with van der Waals surface area (Å²) in [5.41, 5.74) is 1.95. The van der Waals surface area contributed by atoms with Crippen molar-refractivity contribution < 1.29 is 9.50 Å². The lowest BCUT2D eigenvalue weighted by Crippen LogP contribution is -2.07. The molecule has 1 N–H and O–H groups in total. The zero-order valence-corrected chi connectivity index (χ0v) is 11.2. The van der Waals surface area contributed by atoms with Gasteiger partial charge in [-0.2, -0.15) is 0 Å². The summed E-state index contributed by atoms with van der Waals surface area (Å²) in [6, 6.07) is 4.62. The molecule has 1 aliphatic carbocycles. The highest BCUT2D eigenvalue weighted by Crippen LogP contribution is 2.72. The number of hydrogen-bond donors (Lipinski definition) is 1. The van der Waals surface area contributed by atoms with Crippen LogP contribution in [-0.2, 0) is 0 Å². The third-order valence-corrected chi connectivity index (χ3v) is 5.00. The van der Waals surface area contributed by atoms with E-state index in [1.165, 1.54) is 12.1 Å². The summed E-state index contributed by atoms with van der Waals surface area (Å²) in [6.45, 7) is 10.6. The summed E-state index contributed by atoms with van der Waals surface area (Å²) >= 11 is 0. The number of aliphatic hydroxyl groups excluding tert-OH is 1. The van der Waals surface area contributed by atoms with Crippen molar-refractivity contribution in [3.8, 4) is 0 Å². The van der Waals surface area contributed by atoms with E-state index in [1.54, 1.807) is 6.07 Å². The van der Waals surface area contributed by atoms with E-state index in [4.69, 9.17) is 0 Å². The molecule has 2 heteroatoms. The smallest absolute Gasteiger partial charge is 0.123 e. The van der Waals surface area contributed by atoms with Crippen LogP contribution in [0.25, 0.3) is 0 Å². The lowest BCUT2D eigenvalue weighted by molar-refractivity contribution is 0.130. The van der Waals surface area contributed by atoms with Crippen LogP contribution >= 0.6 is 0 Å². The van der Waals surface area contributed by atoms with Gasteiger partial charge in [0.1, 0.15) is 5.82 Å². The molecule has 1 aliphatic rings. The van der Waals surface area contributed by atoms with Gasteiger partial charge in [0.25, 0.3) is 0 Å². The fourth-order valence-electron chi connectivity index (χ4n) is 3.19. The molecule has 1 aromatic rings. The minimum Gasteiger partial charge on any atom is -0.388 e. The molecule has 1 fully saturated rings. The number of rotatable bonds is 2. The van der Waals surface area contributed by atoms with Crippen LogP contribution in [0.1, 0.15) is 44.9 Å². The number of halogens is 1. The van der Waals surface area contributed by atoms with Crippen molar-refractivity contribution in [2.75, 3.05) is 0 Å². The Balaban J connectivity index is 2.31. The molecule has 0 aromatic heterocycles. The van der Waals surface area contributed by atoms with Crippen molar-refractivity contribution in [1.29, 1.82) is 0 Å². The van der Waals surface area contributed by atoms with Crippen LogP contribution in [0.5, 0.6) is 0 Å². The summed E-state index contributed by atoms with van der Waals surface area (Å²) in [6.07, 6.45) is -0.499. The van der Waals surface area contributed by atoms with Crippen LogP contribution in [0.15, 0.2) is 18.2 Å². The Morgan fingerprint density at radius 1 is 1.18 bits per heavy atom. The van der Waals surface area contributed by atoms with Crippen LogP contribution in [0, 0.1) is 29.5 Å². The fourth-order valence-corrected chi connectivity index (χ4v) is 3.19. The molecule has 17 heavy (non-hydrogen) atoms. The maximum Gasteiger partial charge on any atom is 0.123 e. The highest BCUT2D eigenvalue weighted by atomic mass is 19.1. The molecule has 0 spiro atoms. The first-order chi connectivity index (χ1) is 7.69. The second-order valence-electron chi connectivity index (χ2n) is 6.37. The van der Waals surface area contributed by atoms with Crippen LogP contribution in [-0.4, -0.2) is 5.11 Å². The third kappa shape index (κ3) is 1.70. The topological polar surface area (TPSA) is 20.2 Å². The highest BCUT2D eigenvalue weighted by molar-refractivity contribution is 5.32. The standard InChI is InChI=1S/C15H21FO/c1-9-8-10(16)6-7-11(9)12(17)13-14(2,3)15(13,4)5/h6-8,12-13,17H,1-5H3. The van der Waals surface area contributed by atoms with Gasteiger partial charge in [0.15, 0.2) is 0 Å². The van der Waals surface area contributed by atoms with Gasteiger partial charge < -0.3 is 5.11 Å². The lowest BCUT2D eigenvalue weighted by Gasteiger charge is -2.15. The molecule has 2 rings (SSSR count). The normalized spacial score (nSPS) is 23.5. The Hall–Kier alpha value is -0.890. The molecule has 1 atom stereocenters. The minimum absolute atomic E-state index is 0.132. The Morgan fingerprint density at radius 2 is 1.71 bits per heavy atom. The first kappa shape index (κ1) is 12.6. The molecule has 0 aliphatic heterocycles. The average Bonchev–Trinajstić information content (AvgIpc) is 2.56. The van der Waals surface area contributed by atoms with Crippen LogP contribution in [0.3, 0.4) is 0 Å². The average molecular weight is 236 g/mol. The first-order valence-corrected chi connectivity index (χ1v) is 6.13. The van der Waals surface area contributed by atoms with Crippen LogP contribution in [0.2, 0.25) is 0 Å². The second kappa shape index (κ2) is 3.55. The number of aryl methyl sites for hydroxylation is 1. The molecule has 1 nitrogen and oxygen atoms in total. The van der Waals surface area contributed by atoms with Gasteiger partial charge in [-0.15, -0.1) is 0 Å². The Morgan fingerprint density at radius 3 is 2.12 bits per heavy atom. The molecule has 0 heterocycles. The van der Waals surface area contributed by atoms with Gasteiger partial charge in [-0.05, 0) is 41.0 Å². The number of aliphatic hydroxyl groups is 1. The summed E-state index contributed by atoms with van der Waals surface area (Å²) in [5, 5.41) is 10.5. The van der Waals surface area contributed by atoms with Gasteiger partial charge in [0.2, 0.25) is 0 Å². The summed E-state index contributed by atoms with van der Waals surface area (Å²) in [4.78, 5) is 0. The predicted molar refractivity (Wildman–Crippen MR) is 67.1 cm³/mol. The minimum atomic E-state index is -0.499. The zero-order chi connectivity index (χ0) is 13.0. The maximum absolute atomic E-state index is 13.1. The molecule has 0 radical (unpaired) electrons. The Bertz CT molecular complexity index is 434. The monoisotopic (exact) mass is 236 g/mol. The highest BCUT2D eigenvalue weighted by Gasteiger charge is 2.67. The molecule has 0 bridgehead atoms. The molecule has 94 valence electrons. The van der Waals surface area contributed by atoms with E-state index < -0.39 is 6.10 Å². The van der Waals surface area contributed by atoms with Crippen molar-refractivity contribution in [3.05, 3.63) is 35.1 Å². The van der Waals surface area contributed by atoms with Crippen molar-refractivity contribution in [2.24, 2.45) is 16.7 Å². The maximum atomic E-state index is 13.1. The third-order valence-electron chi connectivity index (χ3n) is 5.00. The first-order valence-electron chi connectivity index (χ1n) is 6.13. The van der Waals surface area contributed by atoms with Crippen LogP contribution in [0.4, 0.5) is 4.39 Å². The molecule has 1 saturated carbocycles. The van der Waals surface area contributed by atoms with E-state index in [0.717, 1.165) is 11.1 Å². The SMILES string of the molecule is Cc1cc(F)ccc1C(O)C1C(C)(C)C1(C)C. The van der Waals surface area contributed by atoms with E-state index in [1.807, 2.05) is 6.92 Å². The van der Waals surface area contributed by atoms with Gasteiger partial charge in [0, 0.05) is 5.92 Å². The Labute approximate surface area is 103 Å². The van der Waals surface area contributed by atoms with E-state index in [2.05, 4.69) is 27.7 Å². The number of benzene rings is 1. The largest absolute Gasteiger partial charge is 0.388 e. The van der Waals surface area contributed by atoms with Crippen molar-refractivity contribution >= 4 is 0 Å². The summed E-state index contributed by atoms with van der Waals surface area (Å²) < 4.78 is 13.1. The number of hydrogen-bond acceptors (Lipinski definition) is 1. The zero-order valence-electron chi connectivity index (χ0n) is 11.2. The van der Waals surface area contributed by atoms with Crippen molar-refractivity contribution in [1.82, 2.24) is 0 Å². The van der Waals surface area contributed by atoms with Gasteiger partial charge in [-0.1, -0.05) is 33.8 Å². The van der Waals surface area contributed by atoms with Crippen molar-refractivity contribution in [3.63, 3.8) is 0 Å². The second-order valence-corrected chi connectivity index (χ2v) is 6.37. The summed E-state index contributed by atoms with van der Waals surface area (Å²) in [7, 11) is 0.